The third-order valence-electron chi connectivity index (χ3n) is 4.79. The summed E-state index contributed by atoms with van der Waals surface area (Å²) >= 11 is 6.08. The average molecular weight is 421 g/mol. The Morgan fingerprint density at radius 1 is 1.27 bits per heavy atom. The topological polar surface area (TPSA) is 101 Å². The van der Waals surface area contributed by atoms with Gasteiger partial charge in [0, 0.05) is 18.7 Å². The summed E-state index contributed by atoms with van der Waals surface area (Å²) in [7, 11) is -6.93. The van der Waals surface area contributed by atoms with Crippen molar-refractivity contribution < 1.29 is 21.6 Å². The number of carbonyl (C=O) groups is 1. The summed E-state index contributed by atoms with van der Waals surface area (Å²) < 4.78 is 50.2. The lowest BCUT2D eigenvalue weighted by atomic mass is 10.0. The van der Waals surface area contributed by atoms with Crippen molar-refractivity contribution >= 4 is 37.4 Å². The van der Waals surface area contributed by atoms with E-state index in [1.54, 1.807) is 6.92 Å². The van der Waals surface area contributed by atoms with Crippen LogP contribution >= 0.6 is 11.6 Å². The molecule has 1 atom stereocenters. The van der Waals surface area contributed by atoms with Gasteiger partial charge in [-0.15, -0.1) is 0 Å². The van der Waals surface area contributed by atoms with Gasteiger partial charge in [0.25, 0.3) is 5.91 Å². The molecular weight excluding hydrogens is 400 g/mol. The number of halogens is 1. The molecule has 1 aromatic rings. The van der Waals surface area contributed by atoms with E-state index < -0.39 is 31.3 Å². The standard InChI is InChI=1S/C16H21ClN2O5S2/c1-16(6-9-25(21,22)11-16)18-15(20)12-4-5-13(17)14(10-12)26(23,24)19-7-2-3-8-19/h4-5,10H,2-3,6-9,11H2,1H3,(H,18,20)/t16-/m1/s1. The minimum Gasteiger partial charge on any atom is -0.346 e. The molecule has 2 aliphatic rings. The molecule has 0 unspecified atom stereocenters. The summed E-state index contributed by atoms with van der Waals surface area (Å²) in [5.41, 5.74) is -0.721. The fourth-order valence-corrected chi connectivity index (χ4v) is 7.48. The zero-order valence-electron chi connectivity index (χ0n) is 14.4. The van der Waals surface area contributed by atoms with Crippen LogP contribution in [0.1, 0.15) is 36.5 Å². The Balaban J connectivity index is 1.86. The van der Waals surface area contributed by atoms with E-state index in [1.807, 2.05) is 0 Å². The Kier molecular flexibility index (Phi) is 5.11. The fraction of sp³-hybridized carbons (Fsp3) is 0.562. The van der Waals surface area contributed by atoms with Crippen molar-refractivity contribution in [1.82, 2.24) is 9.62 Å². The van der Waals surface area contributed by atoms with Crippen LogP contribution in [-0.4, -0.2) is 57.2 Å². The number of benzene rings is 1. The smallest absolute Gasteiger partial charge is 0.251 e. The van der Waals surface area contributed by atoms with Crippen LogP contribution in [0.25, 0.3) is 0 Å². The van der Waals surface area contributed by atoms with Crippen molar-refractivity contribution in [1.29, 1.82) is 0 Å². The Bertz CT molecular complexity index is 939. The Labute approximate surface area is 158 Å². The normalized spacial score (nSPS) is 26.1. The molecule has 1 N–H and O–H groups in total. The van der Waals surface area contributed by atoms with Gasteiger partial charge in [-0.1, -0.05) is 11.6 Å². The Hall–Kier alpha value is -1.16. The van der Waals surface area contributed by atoms with Crippen molar-refractivity contribution in [2.24, 2.45) is 0 Å². The highest BCUT2D eigenvalue weighted by atomic mass is 35.5. The van der Waals surface area contributed by atoms with Crippen molar-refractivity contribution in [2.45, 2.75) is 36.6 Å². The fourth-order valence-electron chi connectivity index (χ4n) is 3.37. The molecule has 26 heavy (non-hydrogen) atoms. The molecule has 0 saturated carbocycles. The highest BCUT2D eigenvalue weighted by Gasteiger charge is 2.39. The van der Waals surface area contributed by atoms with Crippen LogP contribution in [0, 0.1) is 0 Å². The lowest BCUT2D eigenvalue weighted by Crippen LogP contribution is -2.47. The number of hydrogen-bond acceptors (Lipinski definition) is 5. The van der Waals surface area contributed by atoms with E-state index >= 15 is 0 Å². The van der Waals surface area contributed by atoms with Gasteiger partial charge in [-0.05, 0) is 44.4 Å². The molecule has 0 radical (unpaired) electrons. The average Bonchev–Trinajstić information content (AvgIpc) is 3.16. The number of nitrogens with zero attached hydrogens (tertiary/aromatic N) is 1. The van der Waals surface area contributed by atoms with Gasteiger partial charge < -0.3 is 5.32 Å². The number of sulfone groups is 1. The second kappa shape index (κ2) is 6.78. The van der Waals surface area contributed by atoms with Crippen LogP contribution in [0.2, 0.25) is 5.02 Å². The third kappa shape index (κ3) is 3.90. The van der Waals surface area contributed by atoms with Crippen molar-refractivity contribution in [3.8, 4) is 0 Å². The van der Waals surface area contributed by atoms with Gasteiger partial charge in [0.2, 0.25) is 10.0 Å². The predicted octanol–water partition coefficient (Wildman–Crippen LogP) is 1.43. The van der Waals surface area contributed by atoms with Gasteiger partial charge in [-0.3, -0.25) is 4.79 Å². The SMILES string of the molecule is C[C@@]1(NC(=O)c2ccc(Cl)c(S(=O)(=O)N3CCCC3)c2)CCS(=O)(=O)C1. The predicted molar refractivity (Wildman–Crippen MR) is 98.6 cm³/mol. The largest absolute Gasteiger partial charge is 0.346 e. The lowest BCUT2D eigenvalue weighted by Gasteiger charge is -2.24. The molecule has 7 nitrogen and oxygen atoms in total. The first-order valence-corrected chi connectivity index (χ1v) is 12.0. The molecule has 10 heteroatoms. The lowest BCUT2D eigenvalue weighted by molar-refractivity contribution is 0.0915. The quantitative estimate of drug-likeness (QED) is 0.794. The first-order chi connectivity index (χ1) is 12.0. The number of rotatable bonds is 4. The van der Waals surface area contributed by atoms with Gasteiger partial charge in [-0.25, -0.2) is 16.8 Å². The summed E-state index contributed by atoms with van der Waals surface area (Å²) in [5, 5.41) is 2.78. The second-order valence-electron chi connectivity index (χ2n) is 7.11. The van der Waals surface area contributed by atoms with Crippen LogP contribution in [0.5, 0.6) is 0 Å². The van der Waals surface area contributed by atoms with Gasteiger partial charge in [0.15, 0.2) is 9.84 Å². The van der Waals surface area contributed by atoms with Crippen molar-refractivity contribution in [3.05, 3.63) is 28.8 Å². The maximum absolute atomic E-state index is 12.8. The monoisotopic (exact) mass is 420 g/mol. The van der Waals surface area contributed by atoms with E-state index in [2.05, 4.69) is 5.32 Å². The maximum Gasteiger partial charge on any atom is 0.251 e. The molecule has 0 aliphatic carbocycles. The minimum atomic E-state index is -3.76. The highest BCUT2D eigenvalue weighted by molar-refractivity contribution is 7.91. The van der Waals surface area contributed by atoms with Crippen LogP contribution in [0.4, 0.5) is 0 Å². The summed E-state index contributed by atoms with van der Waals surface area (Å²) in [6.45, 7) is 2.54. The van der Waals surface area contributed by atoms with Gasteiger partial charge in [0.05, 0.1) is 22.1 Å². The van der Waals surface area contributed by atoms with Gasteiger partial charge >= 0.3 is 0 Å². The minimum absolute atomic E-state index is 0.0268. The van der Waals surface area contributed by atoms with E-state index in [0.717, 1.165) is 12.8 Å². The molecule has 2 aliphatic heterocycles. The molecule has 1 aromatic carbocycles. The number of carbonyl (C=O) groups excluding carboxylic acids is 1. The molecule has 0 aromatic heterocycles. The van der Waals surface area contributed by atoms with E-state index in [1.165, 1.54) is 22.5 Å². The zero-order valence-corrected chi connectivity index (χ0v) is 16.8. The summed E-state index contributed by atoms with van der Waals surface area (Å²) in [4.78, 5) is 12.5. The molecule has 1 amide bonds. The molecule has 2 fully saturated rings. The molecule has 3 rings (SSSR count). The molecule has 144 valence electrons. The van der Waals surface area contributed by atoms with E-state index in [9.17, 15) is 21.6 Å². The zero-order chi connectivity index (χ0) is 19.2. The van der Waals surface area contributed by atoms with E-state index in [4.69, 9.17) is 11.6 Å². The first-order valence-electron chi connectivity index (χ1n) is 8.35. The van der Waals surface area contributed by atoms with E-state index in [0.29, 0.717) is 19.5 Å². The number of hydrogen-bond donors (Lipinski definition) is 1. The molecule has 0 spiro atoms. The third-order valence-corrected chi connectivity index (χ3v) is 9.08. The molecular formula is C16H21ClN2O5S2. The Morgan fingerprint density at radius 3 is 2.50 bits per heavy atom. The maximum atomic E-state index is 12.8. The summed E-state index contributed by atoms with van der Waals surface area (Å²) in [6, 6.07) is 4.08. The highest BCUT2D eigenvalue weighted by Crippen LogP contribution is 2.29. The molecule has 0 bridgehead atoms. The van der Waals surface area contributed by atoms with Crippen LogP contribution in [0.3, 0.4) is 0 Å². The Morgan fingerprint density at radius 2 is 1.92 bits per heavy atom. The first kappa shape index (κ1) is 19.6. The molecule has 2 heterocycles. The number of sulfonamides is 1. The van der Waals surface area contributed by atoms with Gasteiger partial charge in [-0.2, -0.15) is 4.31 Å². The number of nitrogens with one attached hydrogen (secondary N) is 1. The van der Waals surface area contributed by atoms with Crippen LogP contribution in [-0.2, 0) is 19.9 Å². The molecule has 2 saturated heterocycles. The second-order valence-corrected chi connectivity index (χ2v) is 11.6. The van der Waals surface area contributed by atoms with Crippen molar-refractivity contribution in [3.63, 3.8) is 0 Å². The summed E-state index contributed by atoms with van der Waals surface area (Å²) in [6.07, 6.45) is 1.92. The van der Waals surface area contributed by atoms with Crippen LogP contribution in [0.15, 0.2) is 23.1 Å². The van der Waals surface area contributed by atoms with Gasteiger partial charge in [0.1, 0.15) is 4.90 Å². The van der Waals surface area contributed by atoms with Crippen LogP contribution < -0.4 is 5.32 Å². The van der Waals surface area contributed by atoms with E-state index in [-0.39, 0.29) is 27.0 Å². The number of amides is 1. The summed E-state index contributed by atoms with van der Waals surface area (Å²) in [5.74, 6) is -0.615. The van der Waals surface area contributed by atoms with Crippen molar-refractivity contribution in [2.75, 3.05) is 24.6 Å².